The number of phenolic OH excluding ortho intramolecular Hbond substituents is 1. The molecule has 0 saturated carbocycles. The van der Waals surface area contributed by atoms with Gasteiger partial charge in [0.05, 0.1) is 11.3 Å². The van der Waals surface area contributed by atoms with E-state index in [4.69, 9.17) is 4.74 Å². The van der Waals surface area contributed by atoms with Gasteiger partial charge in [0.2, 0.25) is 0 Å². The number of ether oxygens (including phenoxy) is 1. The van der Waals surface area contributed by atoms with Crippen LogP contribution in [0.15, 0.2) is 48.5 Å². The van der Waals surface area contributed by atoms with Crippen LogP contribution in [0, 0.1) is 0 Å². The molecule has 1 heterocycles. The Kier molecular flexibility index (Phi) is 3.44. The summed E-state index contributed by atoms with van der Waals surface area (Å²) in [5, 5.41) is 10.2. The van der Waals surface area contributed by atoms with Gasteiger partial charge in [0, 0.05) is 10.9 Å². The predicted molar refractivity (Wildman–Crippen MR) is 75.7 cm³/mol. The molecule has 114 valence electrons. The highest BCUT2D eigenvalue weighted by Gasteiger charge is 2.29. The van der Waals surface area contributed by atoms with Crippen LogP contribution in [-0.2, 0) is 12.8 Å². The molecule has 0 fully saturated rings. The molecule has 3 nitrogen and oxygen atoms in total. The van der Waals surface area contributed by atoms with Gasteiger partial charge in [-0.25, -0.2) is 0 Å². The summed E-state index contributed by atoms with van der Waals surface area (Å²) in [6, 6.07) is 11.3. The minimum Gasteiger partial charge on any atom is -0.508 e. The molecule has 0 aliphatic heterocycles. The van der Waals surface area contributed by atoms with Crippen molar-refractivity contribution >= 4 is 10.9 Å². The molecule has 0 bridgehead atoms. The highest BCUT2D eigenvalue weighted by Crippen LogP contribution is 2.30. The van der Waals surface area contributed by atoms with Crippen molar-refractivity contribution in [2.45, 2.75) is 12.8 Å². The van der Waals surface area contributed by atoms with E-state index in [0.717, 1.165) is 28.7 Å². The van der Waals surface area contributed by atoms with Gasteiger partial charge in [-0.15, -0.1) is 0 Å². The van der Waals surface area contributed by atoms with Crippen molar-refractivity contribution in [3.05, 3.63) is 59.8 Å². The van der Waals surface area contributed by atoms with Crippen LogP contribution in [0.25, 0.3) is 10.9 Å². The van der Waals surface area contributed by atoms with Crippen molar-refractivity contribution in [2.75, 3.05) is 0 Å². The molecule has 6 heteroatoms. The van der Waals surface area contributed by atoms with Gasteiger partial charge in [0.15, 0.2) is 0 Å². The first kappa shape index (κ1) is 14.3. The summed E-state index contributed by atoms with van der Waals surface area (Å²) in [7, 11) is 0. The zero-order chi connectivity index (χ0) is 15.7. The van der Waals surface area contributed by atoms with Gasteiger partial charge >= 0.3 is 6.18 Å². The monoisotopic (exact) mass is 307 g/mol. The summed E-state index contributed by atoms with van der Waals surface area (Å²) in [6.45, 7) is 0.195. The molecular weight excluding hydrogens is 295 g/mol. The lowest BCUT2D eigenvalue weighted by Gasteiger charge is -2.08. The Morgan fingerprint density at radius 2 is 1.73 bits per heavy atom. The molecular formula is C16H12F3NO2. The molecule has 3 aromatic rings. The maximum atomic E-state index is 12.5. The third-order valence-electron chi connectivity index (χ3n) is 3.24. The zero-order valence-corrected chi connectivity index (χ0v) is 11.3. The molecule has 22 heavy (non-hydrogen) atoms. The first-order valence-electron chi connectivity index (χ1n) is 6.52. The highest BCUT2D eigenvalue weighted by atomic mass is 19.4. The van der Waals surface area contributed by atoms with E-state index < -0.39 is 11.7 Å². The molecule has 2 aromatic carbocycles. The van der Waals surface area contributed by atoms with Gasteiger partial charge in [-0.05, 0) is 48.5 Å². The number of rotatable bonds is 3. The van der Waals surface area contributed by atoms with Gasteiger partial charge in [0.1, 0.15) is 18.1 Å². The van der Waals surface area contributed by atoms with Gasteiger partial charge < -0.3 is 14.8 Å². The van der Waals surface area contributed by atoms with E-state index >= 15 is 0 Å². The Hall–Kier alpha value is -2.63. The number of fused-ring (bicyclic) bond motifs is 1. The van der Waals surface area contributed by atoms with Crippen LogP contribution in [0.2, 0.25) is 0 Å². The lowest BCUT2D eigenvalue weighted by molar-refractivity contribution is -0.137. The number of benzene rings is 2. The predicted octanol–water partition coefficient (Wildman–Crippen LogP) is 4.47. The van der Waals surface area contributed by atoms with Crippen LogP contribution in [0.5, 0.6) is 11.5 Å². The van der Waals surface area contributed by atoms with E-state index in [0.29, 0.717) is 5.75 Å². The van der Waals surface area contributed by atoms with Crippen molar-refractivity contribution < 1.29 is 23.0 Å². The number of H-pyrrole nitrogens is 1. The fourth-order valence-electron chi connectivity index (χ4n) is 2.16. The Morgan fingerprint density at radius 1 is 1.00 bits per heavy atom. The summed E-state index contributed by atoms with van der Waals surface area (Å²) < 4.78 is 42.8. The van der Waals surface area contributed by atoms with Gasteiger partial charge in [-0.1, -0.05) is 0 Å². The Morgan fingerprint density at radius 3 is 2.41 bits per heavy atom. The zero-order valence-electron chi connectivity index (χ0n) is 11.3. The number of nitrogens with one attached hydrogen (secondary N) is 1. The van der Waals surface area contributed by atoms with Crippen molar-refractivity contribution in [3.8, 4) is 11.5 Å². The summed E-state index contributed by atoms with van der Waals surface area (Å²) in [6.07, 6.45) is -4.35. The highest BCUT2D eigenvalue weighted by molar-refractivity contribution is 5.81. The lowest BCUT2D eigenvalue weighted by Crippen LogP contribution is -2.04. The molecule has 1 aromatic heterocycles. The van der Waals surface area contributed by atoms with E-state index in [9.17, 15) is 18.3 Å². The third-order valence-corrected chi connectivity index (χ3v) is 3.24. The van der Waals surface area contributed by atoms with Crippen molar-refractivity contribution in [2.24, 2.45) is 0 Å². The topological polar surface area (TPSA) is 45.2 Å². The molecule has 0 aliphatic rings. The van der Waals surface area contributed by atoms with Gasteiger partial charge in [-0.3, -0.25) is 0 Å². The molecule has 0 saturated heterocycles. The minimum absolute atomic E-state index is 0.168. The molecule has 3 rings (SSSR count). The number of alkyl halides is 3. The lowest BCUT2D eigenvalue weighted by atomic mass is 10.2. The molecule has 0 atom stereocenters. The average Bonchev–Trinajstić information content (AvgIpc) is 2.86. The second-order valence-corrected chi connectivity index (χ2v) is 4.88. The van der Waals surface area contributed by atoms with Crippen LogP contribution in [0.3, 0.4) is 0 Å². The van der Waals surface area contributed by atoms with E-state index in [2.05, 4.69) is 4.98 Å². The quantitative estimate of drug-likeness (QED) is 0.750. The Balaban J connectivity index is 1.71. The Labute approximate surface area is 124 Å². The summed E-state index contributed by atoms with van der Waals surface area (Å²) >= 11 is 0. The average molecular weight is 307 g/mol. The largest absolute Gasteiger partial charge is 0.508 e. The van der Waals surface area contributed by atoms with Crippen LogP contribution in [0.1, 0.15) is 11.3 Å². The second-order valence-electron chi connectivity index (χ2n) is 4.88. The molecule has 0 radical (unpaired) electrons. The summed E-state index contributed by atoms with van der Waals surface area (Å²) in [5.41, 5.74) is 0.908. The maximum absolute atomic E-state index is 12.5. The molecule has 0 amide bonds. The number of aromatic hydroxyl groups is 1. The van der Waals surface area contributed by atoms with Crippen molar-refractivity contribution in [1.82, 2.24) is 4.98 Å². The van der Waals surface area contributed by atoms with Gasteiger partial charge in [0.25, 0.3) is 0 Å². The van der Waals surface area contributed by atoms with Crippen LogP contribution in [-0.4, -0.2) is 10.1 Å². The Bertz CT molecular complexity index is 791. The maximum Gasteiger partial charge on any atom is 0.416 e. The van der Waals surface area contributed by atoms with E-state index in [-0.39, 0.29) is 12.4 Å². The number of aromatic nitrogens is 1. The summed E-state index contributed by atoms with van der Waals surface area (Å²) in [5.74, 6) is 0.524. The molecule has 0 unspecified atom stereocenters. The first-order valence-corrected chi connectivity index (χ1v) is 6.52. The van der Waals surface area contributed by atoms with Crippen LogP contribution >= 0.6 is 0 Å². The first-order chi connectivity index (χ1) is 10.4. The van der Waals surface area contributed by atoms with Gasteiger partial charge in [-0.2, -0.15) is 13.2 Å². The fraction of sp³-hybridized carbons (Fsp3) is 0.125. The number of hydrogen-bond donors (Lipinski definition) is 2. The molecule has 0 spiro atoms. The van der Waals surface area contributed by atoms with Crippen molar-refractivity contribution in [1.29, 1.82) is 0 Å². The van der Waals surface area contributed by atoms with Crippen LogP contribution in [0.4, 0.5) is 13.2 Å². The van der Waals surface area contributed by atoms with E-state index in [1.807, 2.05) is 6.07 Å². The number of phenols is 1. The van der Waals surface area contributed by atoms with Crippen molar-refractivity contribution in [3.63, 3.8) is 0 Å². The van der Waals surface area contributed by atoms with Crippen LogP contribution < -0.4 is 4.74 Å². The summed E-state index contributed by atoms with van der Waals surface area (Å²) in [4.78, 5) is 3.11. The second kappa shape index (κ2) is 5.29. The minimum atomic E-state index is -4.35. The SMILES string of the molecule is Oc1ccc2[nH]c(COc3ccc(C(F)(F)F)cc3)cc2c1. The molecule has 0 aliphatic carbocycles. The normalized spacial score (nSPS) is 11.8. The standard InChI is InChI=1S/C16H12F3NO2/c17-16(18,19)11-1-4-14(5-2-11)22-9-12-7-10-8-13(21)3-6-15(10)20-12/h1-8,20-21H,9H2. The smallest absolute Gasteiger partial charge is 0.416 e. The molecule has 2 N–H and O–H groups in total. The third kappa shape index (κ3) is 3.00. The number of halogens is 3. The van der Waals surface area contributed by atoms with E-state index in [1.165, 1.54) is 12.1 Å². The number of aromatic amines is 1. The number of hydrogen-bond acceptors (Lipinski definition) is 2. The van der Waals surface area contributed by atoms with E-state index in [1.54, 1.807) is 18.2 Å². The fourth-order valence-corrected chi connectivity index (χ4v) is 2.16.